The van der Waals surface area contributed by atoms with Gasteiger partial charge in [0.15, 0.2) is 5.82 Å². The van der Waals surface area contributed by atoms with E-state index >= 15 is 13.2 Å². The number of alkyl halides is 2. The van der Waals surface area contributed by atoms with Crippen LogP contribution in [0.2, 0.25) is 0 Å². The highest BCUT2D eigenvalue weighted by Crippen LogP contribution is 2.40. The number of ether oxygens (including phenoxy) is 1. The van der Waals surface area contributed by atoms with Gasteiger partial charge in [-0.1, -0.05) is 31.7 Å². The fourth-order valence-corrected chi connectivity index (χ4v) is 9.48. The first-order valence-corrected chi connectivity index (χ1v) is 22.3. The van der Waals surface area contributed by atoms with Crippen molar-refractivity contribution in [2.75, 3.05) is 67.3 Å². The van der Waals surface area contributed by atoms with Gasteiger partial charge in [-0.25, -0.2) is 9.37 Å². The Kier molecular flexibility index (Phi) is 13.3. The molecule has 0 spiro atoms. The molecule has 0 bridgehead atoms. The second kappa shape index (κ2) is 19.0. The molecule has 8 rings (SSSR count). The van der Waals surface area contributed by atoms with Crippen LogP contribution in [0.3, 0.4) is 0 Å². The van der Waals surface area contributed by atoms with Crippen LogP contribution >= 0.6 is 0 Å². The number of nitrogens with zero attached hydrogens (tertiary/aromatic N) is 6. The smallest absolute Gasteiger partial charge is 0.342 e. The first kappa shape index (κ1) is 45.3. The molecule has 65 heavy (non-hydrogen) atoms. The molecule has 2 saturated heterocycles. The van der Waals surface area contributed by atoms with E-state index in [1.54, 1.807) is 18.2 Å². The molecular formula is C45H53F3N10O7. The normalized spacial score (nSPS) is 20.4. The molecule has 346 valence electrons. The highest BCUT2D eigenvalue weighted by atomic mass is 19.3. The van der Waals surface area contributed by atoms with Gasteiger partial charge in [0.2, 0.25) is 17.8 Å². The zero-order valence-corrected chi connectivity index (χ0v) is 36.4. The molecule has 3 aromatic rings. The number of halogens is 3. The largest absolute Gasteiger partial charge is 0.495 e. The molecule has 1 unspecified atom stereocenters. The molecule has 0 radical (unpaired) electrons. The summed E-state index contributed by atoms with van der Waals surface area (Å²) in [5, 5.41) is 11.4. The second-order valence-corrected chi connectivity index (χ2v) is 17.3. The number of hydrogen-bond donors (Lipinski definition) is 4. The van der Waals surface area contributed by atoms with Crippen molar-refractivity contribution in [3.05, 3.63) is 59.0 Å². The number of imide groups is 2. The van der Waals surface area contributed by atoms with Crippen LogP contribution in [0.4, 0.5) is 42.0 Å². The number of amides is 6. The average molecular weight is 903 g/mol. The Hall–Kier alpha value is -6.31. The summed E-state index contributed by atoms with van der Waals surface area (Å²) in [6.07, 6.45) is 9.65. The minimum Gasteiger partial charge on any atom is -0.495 e. The van der Waals surface area contributed by atoms with Crippen LogP contribution in [0.25, 0.3) is 0 Å². The van der Waals surface area contributed by atoms with Crippen molar-refractivity contribution >= 4 is 64.3 Å². The Labute approximate surface area is 373 Å². The van der Waals surface area contributed by atoms with Gasteiger partial charge in [0, 0.05) is 56.9 Å². The Morgan fingerprint density at radius 3 is 2.45 bits per heavy atom. The van der Waals surface area contributed by atoms with Gasteiger partial charge in [0.05, 0.1) is 42.2 Å². The molecule has 2 aromatic carbocycles. The first-order valence-electron chi connectivity index (χ1n) is 22.3. The van der Waals surface area contributed by atoms with Crippen molar-refractivity contribution in [3.8, 4) is 5.75 Å². The average Bonchev–Trinajstić information content (AvgIpc) is 3.90. The Bertz CT molecular complexity index is 2370. The van der Waals surface area contributed by atoms with Crippen molar-refractivity contribution in [2.45, 2.75) is 101 Å². The van der Waals surface area contributed by atoms with Crippen LogP contribution in [0.15, 0.2) is 36.5 Å². The third kappa shape index (κ3) is 9.44. The molecule has 1 aliphatic carbocycles. The van der Waals surface area contributed by atoms with E-state index in [2.05, 4.69) is 36.1 Å². The molecule has 1 atom stereocenters. The lowest BCUT2D eigenvalue weighted by Gasteiger charge is -2.32. The van der Waals surface area contributed by atoms with E-state index in [0.29, 0.717) is 37.9 Å². The maximum Gasteiger partial charge on any atom is 0.342 e. The van der Waals surface area contributed by atoms with Crippen LogP contribution < -0.4 is 35.8 Å². The number of nitrogens with one attached hydrogen (secondary N) is 4. The number of fused-ring (bicyclic) bond motifs is 2. The van der Waals surface area contributed by atoms with Gasteiger partial charge in [-0.3, -0.25) is 39.0 Å². The van der Waals surface area contributed by atoms with Crippen LogP contribution in [0.5, 0.6) is 5.75 Å². The number of piperidine rings is 2. The summed E-state index contributed by atoms with van der Waals surface area (Å²) in [4.78, 5) is 91.0. The molecule has 4 N–H and O–H groups in total. The first-order chi connectivity index (χ1) is 31.2. The quantitative estimate of drug-likeness (QED) is 0.118. The van der Waals surface area contributed by atoms with Gasteiger partial charge in [-0.05, 0) is 69.7 Å². The highest BCUT2D eigenvalue weighted by Gasteiger charge is 2.49. The van der Waals surface area contributed by atoms with E-state index in [0.717, 1.165) is 74.0 Å². The molecular weight excluding hydrogens is 850 g/mol. The van der Waals surface area contributed by atoms with Crippen molar-refractivity contribution in [1.29, 1.82) is 0 Å². The summed E-state index contributed by atoms with van der Waals surface area (Å²) >= 11 is 0. The number of benzene rings is 2. The van der Waals surface area contributed by atoms with Gasteiger partial charge in [0.25, 0.3) is 23.6 Å². The summed E-state index contributed by atoms with van der Waals surface area (Å²) in [6.45, 7) is 2.19. The van der Waals surface area contributed by atoms with Crippen LogP contribution in [0, 0.1) is 5.82 Å². The lowest BCUT2D eigenvalue weighted by atomic mass is 10.0. The van der Waals surface area contributed by atoms with E-state index in [4.69, 9.17) is 4.74 Å². The molecule has 5 heterocycles. The minimum atomic E-state index is -3.63. The van der Waals surface area contributed by atoms with Crippen molar-refractivity contribution in [1.82, 2.24) is 30.4 Å². The lowest BCUT2D eigenvalue weighted by molar-refractivity contribution is -0.140. The van der Waals surface area contributed by atoms with E-state index in [1.165, 1.54) is 31.3 Å². The zero-order chi connectivity index (χ0) is 46.0. The van der Waals surface area contributed by atoms with Crippen LogP contribution in [-0.4, -0.2) is 126 Å². The van der Waals surface area contributed by atoms with Crippen LogP contribution in [-0.2, 0) is 14.4 Å². The van der Waals surface area contributed by atoms with E-state index < -0.39 is 59.8 Å². The molecule has 1 saturated carbocycles. The third-order valence-electron chi connectivity index (χ3n) is 13.0. The van der Waals surface area contributed by atoms with Crippen molar-refractivity contribution < 1.29 is 46.7 Å². The number of hydrogen-bond acceptors (Lipinski definition) is 13. The Morgan fingerprint density at radius 2 is 1.71 bits per heavy atom. The molecule has 3 fully saturated rings. The second-order valence-electron chi connectivity index (χ2n) is 17.3. The number of likely N-dealkylation sites (tertiary alicyclic amines) is 1. The summed E-state index contributed by atoms with van der Waals surface area (Å²) < 4.78 is 51.2. The summed E-state index contributed by atoms with van der Waals surface area (Å²) in [6, 6.07) is 6.00. The third-order valence-corrected chi connectivity index (χ3v) is 13.0. The minimum absolute atomic E-state index is 0.0245. The predicted molar refractivity (Wildman–Crippen MR) is 233 cm³/mol. The van der Waals surface area contributed by atoms with Crippen LogP contribution in [0.1, 0.15) is 108 Å². The zero-order valence-electron chi connectivity index (χ0n) is 36.4. The number of methoxy groups -OCH3 is 1. The van der Waals surface area contributed by atoms with Crippen molar-refractivity contribution in [3.63, 3.8) is 0 Å². The molecule has 6 amide bonds. The molecule has 4 aliphatic heterocycles. The van der Waals surface area contributed by atoms with Gasteiger partial charge in [-0.15, -0.1) is 0 Å². The molecule has 17 nitrogen and oxygen atoms in total. The van der Waals surface area contributed by atoms with E-state index in [-0.39, 0.29) is 70.5 Å². The Balaban J connectivity index is 0.782. The van der Waals surface area contributed by atoms with Gasteiger partial charge < -0.3 is 35.4 Å². The maximum absolute atomic E-state index is 15.6. The molecule has 1 aromatic heterocycles. The fourth-order valence-electron chi connectivity index (χ4n) is 9.48. The van der Waals surface area contributed by atoms with Gasteiger partial charge >= 0.3 is 5.92 Å². The van der Waals surface area contributed by atoms with Gasteiger partial charge in [-0.2, -0.15) is 13.8 Å². The van der Waals surface area contributed by atoms with E-state index in [9.17, 15) is 28.8 Å². The summed E-state index contributed by atoms with van der Waals surface area (Å²) in [5.41, 5.74) is 1.07. The maximum atomic E-state index is 15.6. The fraction of sp³-hybridized carbons (Fsp3) is 0.511. The van der Waals surface area contributed by atoms with Crippen molar-refractivity contribution in [2.24, 2.45) is 0 Å². The highest BCUT2D eigenvalue weighted by molar-refractivity contribution is 6.25. The topological polar surface area (TPSA) is 199 Å². The number of carbonyl (C=O) groups excluding carboxylic acids is 6. The molecule has 5 aliphatic rings. The SMILES string of the molecule is COc1cc(C(=O)NC2CCN(CCCCCCNc3cccc4c3C(=O)N(C3CCC(=O)NC3=O)C4=O)CC2)c(F)cc1Nc1ncc2c(n1)N(C1CCCC1)CC(F)(F)C(=O)N2C. The summed E-state index contributed by atoms with van der Waals surface area (Å²) in [7, 11) is 2.64. The summed E-state index contributed by atoms with van der Waals surface area (Å²) in [5.74, 6) is -8.23. The number of unbranched alkanes of at least 4 members (excludes halogenated alkanes) is 3. The van der Waals surface area contributed by atoms with E-state index in [1.807, 2.05) is 0 Å². The van der Waals surface area contributed by atoms with Gasteiger partial charge in [0.1, 0.15) is 23.3 Å². The monoisotopic (exact) mass is 902 g/mol. The standard InChI is InChI=1S/C45H53F3N10O7/c1-55-34-24-50-44(54-38(34)57(27-10-5-6-11-27)25-45(47,48)43(55)64)52-32-23-30(46)29(22-35(32)65-2)39(60)51-26-16-20-56(21-17-26)19-8-4-3-7-18-49-31-13-9-12-28-37(31)42(63)58(41(28)62)33-14-15-36(59)53-40(33)61/h9,12-13,22-24,26-27,33,49H,3-8,10-11,14-21,25H2,1-2H3,(H,51,60)(H,50,52,54)(H,53,59,61). The number of anilines is 5. The molecule has 20 heteroatoms. The number of rotatable bonds is 15. The Morgan fingerprint density at radius 1 is 0.954 bits per heavy atom. The lowest BCUT2D eigenvalue weighted by Crippen LogP contribution is -2.54. The predicted octanol–water partition coefficient (Wildman–Crippen LogP) is 5.00. The number of carbonyl (C=O) groups is 6. The number of aromatic nitrogens is 2.